The second-order valence-corrected chi connectivity index (χ2v) is 7.91. The van der Waals surface area contributed by atoms with Gasteiger partial charge in [-0.1, -0.05) is 36.4 Å². The first-order valence-corrected chi connectivity index (χ1v) is 11.0. The van der Waals surface area contributed by atoms with E-state index in [-0.39, 0.29) is 11.9 Å². The van der Waals surface area contributed by atoms with E-state index < -0.39 is 0 Å². The number of H-pyrrole nitrogens is 2. The van der Waals surface area contributed by atoms with Gasteiger partial charge >= 0.3 is 11.9 Å². The number of nitrogens with one attached hydrogen (secondary N) is 2. The van der Waals surface area contributed by atoms with Crippen LogP contribution in [-0.2, 0) is 31.9 Å². The van der Waals surface area contributed by atoms with Crippen molar-refractivity contribution in [2.24, 2.45) is 0 Å². The van der Waals surface area contributed by atoms with Gasteiger partial charge in [0.05, 0.1) is 25.6 Å². The highest BCUT2D eigenvalue weighted by atomic mass is 16.5. The molecular formula is C26H28N2O4. The minimum absolute atomic E-state index is 0.194. The molecule has 32 heavy (non-hydrogen) atoms. The molecule has 0 fully saturated rings. The fraction of sp³-hybridized carbons (Fsp3) is 0.308. The summed E-state index contributed by atoms with van der Waals surface area (Å²) in [6.45, 7) is 0. The summed E-state index contributed by atoms with van der Waals surface area (Å²) in [5.74, 6) is -0.388. The number of hydrogen-bond donors (Lipinski definition) is 2. The Morgan fingerprint density at radius 2 is 1.09 bits per heavy atom. The lowest BCUT2D eigenvalue weighted by atomic mass is 9.98. The van der Waals surface area contributed by atoms with Gasteiger partial charge in [0, 0.05) is 34.6 Å². The first-order chi connectivity index (χ1) is 15.6. The lowest BCUT2D eigenvalue weighted by Crippen LogP contribution is -2.02. The molecule has 0 unspecified atom stereocenters. The summed E-state index contributed by atoms with van der Waals surface area (Å²) in [6.07, 6.45) is 3.69. The third kappa shape index (κ3) is 4.40. The number of carbonyl (C=O) groups is 2. The molecule has 0 aliphatic heterocycles. The van der Waals surface area contributed by atoms with E-state index in [0.29, 0.717) is 25.7 Å². The fourth-order valence-corrected chi connectivity index (χ4v) is 4.37. The van der Waals surface area contributed by atoms with Crippen LogP contribution in [0.5, 0.6) is 0 Å². The minimum atomic E-state index is -0.194. The zero-order valence-corrected chi connectivity index (χ0v) is 18.5. The predicted octanol–water partition coefficient (Wildman–Crippen LogP) is 5.31. The van der Waals surface area contributed by atoms with Crippen molar-refractivity contribution in [3.05, 3.63) is 59.7 Å². The maximum atomic E-state index is 11.7. The second kappa shape index (κ2) is 9.73. The van der Waals surface area contributed by atoms with Crippen LogP contribution in [0.1, 0.15) is 36.8 Å². The van der Waals surface area contributed by atoms with Crippen LogP contribution in [0.15, 0.2) is 48.5 Å². The maximum absolute atomic E-state index is 11.7. The fourth-order valence-electron chi connectivity index (χ4n) is 4.37. The van der Waals surface area contributed by atoms with Crippen molar-refractivity contribution in [2.45, 2.75) is 38.5 Å². The zero-order valence-electron chi connectivity index (χ0n) is 18.5. The van der Waals surface area contributed by atoms with Gasteiger partial charge in [-0.2, -0.15) is 0 Å². The van der Waals surface area contributed by atoms with Crippen LogP contribution in [0.4, 0.5) is 0 Å². The van der Waals surface area contributed by atoms with E-state index >= 15 is 0 Å². The Balaban J connectivity index is 1.76. The summed E-state index contributed by atoms with van der Waals surface area (Å²) in [5, 5.41) is 2.32. The highest BCUT2D eigenvalue weighted by Gasteiger charge is 2.20. The lowest BCUT2D eigenvalue weighted by molar-refractivity contribution is -0.141. The van der Waals surface area contributed by atoms with Crippen molar-refractivity contribution in [1.82, 2.24) is 9.97 Å². The molecule has 2 aromatic carbocycles. The van der Waals surface area contributed by atoms with Gasteiger partial charge in [-0.05, 0) is 48.9 Å². The van der Waals surface area contributed by atoms with E-state index in [2.05, 4.69) is 34.2 Å². The number of benzene rings is 2. The van der Waals surface area contributed by atoms with Crippen molar-refractivity contribution in [3.8, 4) is 11.4 Å². The standard InChI is InChI=1S/C26H28N2O4/c1-31-23(29)15-7-11-19-17-9-3-5-13-21(17)27-25(19)26-20(12-8-16-24(30)32-2)18-10-4-6-14-22(18)28-26/h3-6,9-10,13-14,27-28H,7-8,11-12,15-16H2,1-2H3. The Morgan fingerprint density at radius 1 is 0.688 bits per heavy atom. The lowest BCUT2D eigenvalue weighted by Gasteiger charge is -2.08. The molecule has 0 aliphatic rings. The van der Waals surface area contributed by atoms with Crippen LogP contribution >= 0.6 is 0 Å². The van der Waals surface area contributed by atoms with Gasteiger partial charge in [-0.15, -0.1) is 0 Å². The van der Waals surface area contributed by atoms with Crippen LogP contribution in [0.25, 0.3) is 33.2 Å². The second-order valence-electron chi connectivity index (χ2n) is 7.91. The topological polar surface area (TPSA) is 84.2 Å². The van der Waals surface area contributed by atoms with E-state index in [1.165, 1.54) is 25.3 Å². The summed E-state index contributed by atoms with van der Waals surface area (Å²) < 4.78 is 9.63. The Labute approximate surface area is 186 Å². The number of aryl methyl sites for hydroxylation is 2. The number of aromatic nitrogens is 2. The van der Waals surface area contributed by atoms with Crippen molar-refractivity contribution in [2.75, 3.05) is 14.2 Å². The highest BCUT2D eigenvalue weighted by molar-refractivity contribution is 5.96. The summed E-state index contributed by atoms with van der Waals surface area (Å²) in [4.78, 5) is 30.5. The van der Waals surface area contributed by atoms with Gasteiger partial charge in [0.25, 0.3) is 0 Å². The molecule has 2 heterocycles. The number of esters is 2. The van der Waals surface area contributed by atoms with Gasteiger partial charge < -0.3 is 19.4 Å². The van der Waals surface area contributed by atoms with E-state index in [1.54, 1.807) is 0 Å². The quantitative estimate of drug-likeness (QED) is 0.351. The van der Waals surface area contributed by atoms with Crippen molar-refractivity contribution < 1.29 is 19.1 Å². The largest absolute Gasteiger partial charge is 0.469 e. The molecule has 0 aliphatic carbocycles. The number of ether oxygens (including phenoxy) is 2. The predicted molar refractivity (Wildman–Crippen MR) is 125 cm³/mol. The van der Waals surface area contributed by atoms with Crippen LogP contribution in [-0.4, -0.2) is 36.1 Å². The third-order valence-electron chi connectivity index (χ3n) is 5.95. The van der Waals surface area contributed by atoms with Crippen molar-refractivity contribution >= 4 is 33.7 Å². The molecule has 0 atom stereocenters. The van der Waals surface area contributed by atoms with Crippen molar-refractivity contribution in [1.29, 1.82) is 0 Å². The number of carbonyl (C=O) groups excluding carboxylic acids is 2. The van der Waals surface area contributed by atoms with Gasteiger partial charge in [0.1, 0.15) is 0 Å². The monoisotopic (exact) mass is 432 g/mol. The molecule has 4 rings (SSSR count). The minimum Gasteiger partial charge on any atom is -0.469 e. The molecule has 0 saturated carbocycles. The van der Waals surface area contributed by atoms with E-state index in [4.69, 9.17) is 9.47 Å². The Kier molecular flexibility index (Phi) is 6.59. The molecule has 0 amide bonds. The van der Waals surface area contributed by atoms with Gasteiger partial charge in [-0.3, -0.25) is 9.59 Å². The number of para-hydroxylation sites is 2. The molecule has 4 aromatic rings. The highest BCUT2D eigenvalue weighted by Crippen LogP contribution is 2.37. The van der Waals surface area contributed by atoms with E-state index in [0.717, 1.165) is 46.0 Å². The zero-order chi connectivity index (χ0) is 22.5. The van der Waals surface area contributed by atoms with Crippen LogP contribution in [0, 0.1) is 0 Å². The number of hydrogen-bond acceptors (Lipinski definition) is 4. The summed E-state index contributed by atoms with van der Waals surface area (Å²) in [5.41, 5.74) is 6.58. The average Bonchev–Trinajstić information content (AvgIpc) is 3.37. The van der Waals surface area contributed by atoms with E-state index in [1.807, 2.05) is 24.3 Å². The Bertz CT molecular complexity index is 1150. The maximum Gasteiger partial charge on any atom is 0.305 e. The summed E-state index contributed by atoms with van der Waals surface area (Å²) in [6, 6.07) is 16.5. The normalized spacial score (nSPS) is 11.2. The molecule has 0 spiro atoms. The molecule has 166 valence electrons. The molecule has 0 saturated heterocycles. The van der Waals surface area contributed by atoms with Crippen LogP contribution in [0.2, 0.25) is 0 Å². The molecule has 2 aromatic heterocycles. The first kappa shape index (κ1) is 21.7. The van der Waals surface area contributed by atoms with Gasteiger partial charge in [0.2, 0.25) is 0 Å². The summed E-state index contributed by atoms with van der Waals surface area (Å²) >= 11 is 0. The first-order valence-electron chi connectivity index (χ1n) is 11.0. The average molecular weight is 433 g/mol. The van der Waals surface area contributed by atoms with E-state index in [9.17, 15) is 9.59 Å². The third-order valence-corrected chi connectivity index (χ3v) is 5.95. The van der Waals surface area contributed by atoms with Crippen LogP contribution < -0.4 is 0 Å². The molecule has 0 bridgehead atoms. The summed E-state index contributed by atoms with van der Waals surface area (Å²) in [7, 11) is 2.84. The molecule has 0 radical (unpaired) electrons. The Morgan fingerprint density at radius 3 is 1.50 bits per heavy atom. The molecule has 6 heteroatoms. The number of rotatable bonds is 9. The molecule has 2 N–H and O–H groups in total. The van der Waals surface area contributed by atoms with Crippen LogP contribution in [0.3, 0.4) is 0 Å². The van der Waals surface area contributed by atoms with Gasteiger partial charge in [0.15, 0.2) is 0 Å². The molecule has 6 nitrogen and oxygen atoms in total. The number of aromatic amines is 2. The SMILES string of the molecule is COC(=O)CCCc1c(-c2[nH]c3ccccc3c2CCCC(=O)OC)[nH]c2ccccc12. The van der Waals surface area contributed by atoms with Gasteiger partial charge in [-0.25, -0.2) is 0 Å². The Hall–Kier alpha value is -3.54. The number of methoxy groups -OCH3 is 2. The number of fused-ring (bicyclic) bond motifs is 2. The smallest absolute Gasteiger partial charge is 0.305 e. The molecular weight excluding hydrogens is 404 g/mol. The van der Waals surface area contributed by atoms with Crippen molar-refractivity contribution in [3.63, 3.8) is 0 Å².